The Balaban J connectivity index is 1.41. The monoisotopic (exact) mass is 439 g/mol. The molecule has 5 rings (SSSR count). The lowest BCUT2D eigenvalue weighted by molar-refractivity contribution is 0.411. The minimum Gasteiger partial charge on any atom is -0.324 e. The van der Waals surface area contributed by atoms with Crippen LogP contribution < -0.4 is 10.9 Å². The predicted octanol–water partition coefficient (Wildman–Crippen LogP) is 4.44. The lowest BCUT2D eigenvalue weighted by Gasteiger charge is -2.13. The van der Waals surface area contributed by atoms with Gasteiger partial charge in [0.15, 0.2) is 0 Å². The van der Waals surface area contributed by atoms with Crippen LogP contribution in [-0.4, -0.2) is 39.6 Å². The average Bonchev–Trinajstić information content (AvgIpc) is 3.50. The van der Waals surface area contributed by atoms with Crippen LogP contribution in [0.1, 0.15) is 49.7 Å². The third kappa shape index (κ3) is 4.55. The molecule has 0 saturated carbocycles. The normalized spacial score (nSPS) is 18.2. The Morgan fingerprint density at radius 2 is 2.06 bits per heavy atom. The van der Waals surface area contributed by atoms with E-state index in [1.54, 1.807) is 10.8 Å². The highest BCUT2D eigenvalue weighted by molar-refractivity contribution is 5.77. The molecule has 1 fully saturated rings. The predicted molar refractivity (Wildman–Crippen MR) is 133 cm³/mol. The maximum Gasteiger partial charge on any atom is 0.267 e. The second-order valence-corrected chi connectivity index (χ2v) is 8.95. The zero-order valence-corrected chi connectivity index (χ0v) is 19.3. The SMILES string of the molecule is CCn1c(=O)c(C#CC2=CCCC2)cc2cnc(Nc3ccc(C4CCN(C)C4)cc3)nc21. The summed E-state index contributed by atoms with van der Waals surface area (Å²) in [5.74, 6) is 7.33. The summed E-state index contributed by atoms with van der Waals surface area (Å²) in [4.78, 5) is 24.6. The topological polar surface area (TPSA) is 63.1 Å². The van der Waals surface area contributed by atoms with Gasteiger partial charge in [0.25, 0.3) is 5.56 Å². The number of nitrogens with zero attached hydrogens (tertiary/aromatic N) is 4. The van der Waals surface area contributed by atoms with Gasteiger partial charge in [0.1, 0.15) is 5.65 Å². The molecule has 6 heteroatoms. The number of allylic oxidation sites excluding steroid dienone is 2. The molecule has 0 spiro atoms. The molecule has 1 aromatic carbocycles. The molecule has 6 nitrogen and oxygen atoms in total. The van der Waals surface area contributed by atoms with Gasteiger partial charge in [0.2, 0.25) is 5.95 Å². The molecule has 3 aromatic rings. The van der Waals surface area contributed by atoms with Crippen molar-refractivity contribution >= 4 is 22.7 Å². The standard InChI is InChI=1S/C27H29N5O/c1-3-32-25-23(16-21(26(32)33)9-8-19-6-4-5-7-19)17-28-27(30-25)29-24-12-10-20(11-13-24)22-14-15-31(2)18-22/h6,10-13,16-17,22H,3-5,7,14-15,18H2,1-2H3,(H,28,29,30). The highest BCUT2D eigenvalue weighted by Gasteiger charge is 2.20. The molecule has 1 aliphatic carbocycles. The van der Waals surface area contributed by atoms with Crippen molar-refractivity contribution in [1.82, 2.24) is 19.4 Å². The van der Waals surface area contributed by atoms with Gasteiger partial charge < -0.3 is 10.2 Å². The number of fused-ring (bicyclic) bond motifs is 1. The highest BCUT2D eigenvalue weighted by atomic mass is 16.1. The van der Waals surface area contributed by atoms with E-state index >= 15 is 0 Å². The van der Waals surface area contributed by atoms with Gasteiger partial charge in [-0.2, -0.15) is 4.98 Å². The van der Waals surface area contributed by atoms with Gasteiger partial charge in [-0.1, -0.05) is 30.0 Å². The van der Waals surface area contributed by atoms with Crippen molar-refractivity contribution in [3.8, 4) is 11.8 Å². The number of nitrogens with one attached hydrogen (secondary N) is 1. The smallest absolute Gasteiger partial charge is 0.267 e. The van der Waals surface area contributed by atoms with Gasteiger partial charge in [0.05, 0.1) is 5.56 Å². The number of rotatable bonds is 4. The fourth-order valence-electron chi connectivity index (χ4n) is 4.71. The van der Waals surface area contributed by atoms with Crippen molar-refractivity contribution in [2.45, 2.75) is 45.1 Å². The maximum absolute atomic E-state index is 13.0. The van der Waals surface area contributed by atoms with Crippen molar-refractivity contribution in [3.05, 3.63) is 69.7 Å². The van der Waals surface area contributed by atoms with Crippen LogP contribution in [-0.2, 0) is 6.54 Å². The largest absolute Gasteiger partial charge is 0.324 e. The fraction of sp³-hybridized carbons (Fsp3) is 0.370. The molecule has 0 bridgehead atoms. The highest BCUT2D eigenvalue weighted by Crippen LogP contribution is 2.27. The van der Waals surface area contributed by atoms with Gasteiger partial charge in [0, 0.05) is 30.4 Å². The van der Waals surface area contributed by atoms with E-state index in [9.17, 15) is 4.79 Å². The number of aromatic nitrogens is 3. The zero-order valence-electron chi connectivity index (χ0n) is 19.3. The summed E-state index contributed by atoms with van der Waals surface area (Å²) < 4.78 is 1.68. The van der Waals surface area contributed by atoms with Crippen LogP contribution in [0.15, 0.2) is 53.0 Å². The molecule has 1 aliphatic heterocycles. The molecule has 33 heavy (non-hydrogen) atoms. The van der Waals surface area contributed by atoms with E-state index in [-0.39, 0.29) is 5.56 Å². The second-order valence-electron chi connectivity index (χ2n) is 8.95. The second kappa shape index (κ2) is 9.21. The van der Waals surface area contributed by atoms with E-state index in [1.807, 2.05) is 13.0 Å². The number of anilines is 2. The Labute approximate surface area is 194 Å². The Hall–Kier alpha value is -3.43. The third-order valence-corrected chi connectivity index (χ3v) is 6.57. The number of hydrogen-bond acceptors (Lipinski definition) is 5. The van der Waals surface area contributed by atoms with Crippen LogP contribution in [0.5, 0.6) is 0 Å². The van der Waals surface area contributed by atoms with Crippen LogP contribution in [0.2, 0.25) is 0 Å². The lowest BCUT2D eigenvalue weighted by Crippen LogP contribution is -2.23. The molecular formula is C27H29N5O. The first-order valence-electron chi connectivity index (χ1n) is 11.8. The van der Waals surface area contributed by atoms with Crippen molar-refractivity contribution < 1.29 is 0 Å². The first-order chi connectivity index (χ1) is 16.1. The summed E-state index contributed by atoms with van der Waals surface area (Å²) in [6.07, 6.45) is 8.34. The molecular weight excluding hydrogens is 410 g/mol. The average molecular weight is 440 g/mol. The summed E-state index contributed by atoms with van der Waals surface area (Å²) in [6.45, 7) is 4.74. The van der Waals surface area contributed by atoms with Crippen LogP contribution in [0.4, 0.5) is 11.6 Å². The minimum atomic E-state index is -0.105. The number of aryl methyl sites for hydroxylation is 1. The summed E-state index contributed by atoms with van der Waals surface area (Å²) in [5, 5.41) is 4.10. The van der Waals surface area contributed by atoms with Crippen LogP contribution in [0.25, 0.3) is 11.0 Å². The van der Waals surface area contributed by atoms with Gasteiger partial charge in [-0.3, -0.25) is 9.36 Å². The van der Waals surface area contributed by atoms with Crippen molar-refractivity contribution in [2.75, 3.05) is 25.5 Å². The molecule has 0 amide bonds. The van der Waals surface area contributed by atoms with Crippen LogP contribution in [0, 0.1) is 11.8 Å². The molecule has 2 aliphatic rings. The summed E-state index contributed by atoms with van der Waals surface area (Å²) in [7, 11) is 2.17. The summed E-state index contributed by atoms with van der Waals surface area (Å²) >= 11 is 0. The van der Waals surface area contributed by atoms with Crippen molar-refractivity contribution in [2.24, 2.45) is 0 Å². The minimum absolute atomic E-state index is 0.105. The van der Waals surface area contributed by atoms with E-state index in [0.717, 1.165) is 49.0 Å². The van der Waals surface area contributed by atoms with E-state index < -0.39 is 0 Å². The molecule has 1 N–H and O–H groups in total. The Morgan fingerprint density at radius 1 is 1.21 bits per heavy atom. The van der Waals surface area contributed by atoms with Crippen molar-refractivity contribution in [3.63, 3.8) is 0 Å². The van der Waals surface area contributed by atoms with Gasteiger partial charge in [-0.25, -0.2) is 4.98 Å². The number of benzene rings is 1. The van der Waals surface area contributed by atoms with E-state index in [0.29, 0.717) is 29.6 Å². The quantitative estimate of drug-likeness (QED) is 0.609. The lowest BCUT2D eigenvalue weighted by atomic mass is 9.98. The molecule has 0 radical (unpaired) electrons. The number of likely N-dealkylation sites (tertiary alicyclic amines) is 1. The molecule has 3 heterocycles. The van der Waals surface area contributed by atoms with Crippen LogP contribution in [0.3, 0.4) is 0 Å². The zero-order chi connectivity index (χ0) is 22.8. The summed E-state index contributed by atoms with van der Waals surface area (Å²) in [5.41, 5.74) is 4.44. The number of hydrogen-bond donors (Lipinski definition) is 1. The molecule has 2 aromatic heterocycles. The first kappa shape index (κ1) is 21.4. The number of pyridine rings is 1. The van der Waals surface area contributed by atoms with Crippen LogP contribution >= 0.6 is 0 Å². The Morgan fingerprint density at radius 3 is 2.76 bits per heavy atom. The Bertz CT molecular complexity index is 1330. The van der Waals surface area contributed by atoms with Gasteiger partial charge in [-0.15, -0.1) is 0 Å². The molecule has 1 saturated heterocycles. The van der Waals surface area contributed by atoms with E-state index in [1.165, 1.54) is 12.0 Å². The Kier molecular flexibility index (Phi) is 5.97. The van der Waals surface area contributed by atoms with Gasteiger partial charge >= 0.3 is 0 Å². The van der Waals surface area contributed by atoms with Gasteiger partial charge in [-0.05, 0) is 81.5 Å². The van der Waals surface area contributed by atoms with E-state index in [4.69, 9.17) is 0 Å². The van der Waals surface area contributed by atoms with E-state index in [2.05, 4.69) is 69.4 Å². The molecule has 1 unspecified atom stereocenters. The molecule has 168 valence electrons. The first-order valence-corrected chi connectivity index (χ1v) is 11.8. The number of likely N-dealkylation sites (N-methyl/N-ethyl adjacent to an activating group) is 1. The fourth-order valence-corrected chi connectivity index (χ4v) is 4.71. The maximum atomic E-state index is 13.0. The summed E-state index contributed by atoms with van der Waals surface area (Å²) in [6, 6.07) is 10.3. The third-order valence-electron chi connectivity index (χ3n) is 6.57. The molecule has 1 atom stereocenters. The van der Waals surface area contributed by atoms with Crippen molar-refractivity contribution in [1.29, 1.82) is 0 Å².